The van der Waals surface area contributed by atoms with E-state index >= 15 is 0 Å². The van der Waals surface area contributed by atoms with Crippen LogP contribution in [-0.4, -0.2) is 41.5 Å². The van der Waals surface area contributed by atoms with Crippen LogP contribution in [0.2, 0.25) is 0 Å². The van der Waals surface area contributed by atoms with Crippen molar-refractivity contribution in [3.8, 4) is 0 Å². The second-order valence-corrected chi connectivity index (χ2v) is 5.81. The SMILES string of the molecule is CN1CCCCC1C1(C(=O)O)CCC(F)(F)CC1. The summed E-state index contributed by atoms with van der Waals surface area (Å²) >= 11 is 0. The first-order chi connectivity index (χ1) is 8.37. The molecule has 18 heavy (non-hydrogen) atoms. The zero-order valence-electron chi connectivity index (χ0n) is 10.8. The summed E-state index contributed by atoms with van der Waals surface area (Å²) in [6.45, 7) is 0.871. The van der Waals surface area contributed by atoms with E-state index < -0.39 is 17.3 Å². The number of halogens is 2. The number of alkyl halides is 2. The van der Waals surface area contributed by atoms with Gasteiger partial charge in [-0.05, 0) is 39.3 Å². The van der Waals surface area contributed by atoms with Crippen molar-refractivity contribution in [1.29, 1.82) is 0 Å². The largest absolute Gasteiger partial charge is 0.481 e. The van der Waals surface area contributed by atoms with Crippen molar-refractivity contribution in [1.82, 2.24) is 4.90 Å². The third kappa shape index (κ3) is 2.37. The number of rotatable bonds is 2. The van der Waals surface area contributed by atoms with Crippen LogP contribution in [0.1, 0.15) is 44.9 Å². The number of carboxylic acid groups (broad SMARTS) is 1. The molecule has 1 aliphatic carbocycles. The predicted octanol–water partition coefficient (Wildman–Crippen LogP) is 2.75. The summed E-state index contributed by atoms with van der Waals surface area (Å²) in [5, 5.41) is 9.56. The van der Waals surface area contributed by atoms with Crippen LogP contribution in [0.25, 0.3) is 0 Å². The van der Waals surface area contributed by atoms with Gasteiger partial charge in [0.25, 0.3) is 0 Å². The summed E-state index contributed by atoms with van der Waals surface area (Å²) in [7, 11) is 1.92. The zero-order chi connectivity index (χ0) is 13.4. The smallest absolute Gasteiger partial charge is 0.311 e. The van der Waals surface area contributed by atoms with E-state index in [9.17, 15) is 18.7 Å². The number of nitrogens with zero attached hydrogens (tertiary/aromatic N) is 1. The molecule has 0 radical (unpaired) electrons. The first-order valence-electron chi connectivity index (χ1n) is 6.69. The van der Waals surface area contributed by atoms with Crippen molar-refractivity contribution < 1.29 is 18.7 Å². The molecule has 0 spiro atoms. The fraction of sp³-hybridized carbons (Fsp3) is 0.923. The maximum atomic E-state index is 13.3. The lowest BCUT2D eigenvalue weighted by Gasteiger charge is -2.47. The molecule has 1 saturated heterocycles. The highest BCUT2D eigenvalue weighted by Gasteiger charge is 2.53. The lowest BCUT2D eigenvalue weighted by Crippen LogP contribution is -2.55. The Morgan fingerprint density at radius 1 is 1.22 bits per heavy atom. The Morgan fingerprint density at radius 3 is 2.33 bits per heavy atom. The summed E-state index contributed by atoms with van der Waals surface area (Å²) in [5.74, 6) is -3.57. The highest BCUT2D eigenvalue weighted by molar-refractivity contribution is 5.76. The molecule has 3 nitrogen and oxygen atoms in total. The van der Waals surface area contributed by atoms with Gasteiger partial charge in [0, 0.05) is 18.9 Å². The maximum absolute atomic E-state index is 13.3. The number of aliphatic carboxylic acids is 1. The molecule has 0 aromatic carbocycles. The predicted molar refractivity (Wildman–Crippen MR) is 63.8 cm³/mol. The van der Waals surface area contributed by atoms with Crippen molar-refractivity contribution >= 4 is 5.97 Å². The lowest BCUT2D eigenvalue weighted by molar-refractivity contribution is -0.165. The first kappa shape index (κ1) is 13.7. The average Bonchev–Trinajstić information content (AvgIpc) is 2.30. The molecule has 0 aromatic heterocycles. The fourth-order valence-electron chi connectivity index (χ4n) is 3.52. The van der Waals surface area contributed by atoms with Crippen LogP contribution < -0.4 is 0 Å². The number of piperidine rings is 1. The van der Waals surface area contributed by atoms with E-state index in [-0.39, 0.29) is 31.7 Å². The van der Waals surface area contributed by atoms with Gasteiger partial charge in [0.1, 0.15) is 0 Å². The molecule has 1 aliphatic heterocycles. The van der Waals surface area contributed by atoms with Gasteiger partial charge in [-0.1, -0.05) is 6.42 Å². The molecule has 1 unspecified atom stereocenters. The van der Waals surface area contributed by atoms with E-state index in [1.54, 1.807) is 0 Å². The molecular weight excluding hydrogens is 240 g/mol. The summed E-state index contributed by atoms with van der Waals surface area (Å²) in [4.78, 5) is 13.7. The third-order valence-electron chi connectivity index (χ3n) is 4.71. The van der Waals surface area contributed by atoms with E-state index in [4.69, 9.17) is 0 Å². The van der Waals surface area contributed by atoms with Crippen molar-refractivity contribution in [3.05, 3.63) is 0 Å². The molecule has 1 N–H and O–H groups in total. The quantitative estimate of drug-likeness (QED) is 0.831. The summed E-state index contributed by atoms with van der Waals surface area (Å²) in [6.07, 6.45) is 2.51. The Morgan fingerprint density at radius 2 is 1.83 bits per heavy atom. The van der Waals surface area contributed by atoms with Gasteiger partial charge in [-0.2, -0.15) is 0 Å². The Bertz CT molecular complexity index is 323. The standard InChI is InChI=1S/C13H21F2NO2/c1-16-9-3-2-4-10(16)12(11(17)18)5-7-13(14,15)8-6-12/h10H,2-9H2,1H3,(H,17,18). The van der Waals surface area contributed by atoms with Crippen LogP contribution in [0, 0.1) is 5.41 Å². The van der Waals surface area contributed by atoms with E-state index in [0.29, 0.717) is 0 Å². The van der Waals surface area contributed by atoms with E-state index in [1.165, 1.54) is 0 Å². The molecule has 1 atom stereocenters. The van der Waals surface area contributed by atoms with Crippen LogP contribution >= 0.6 is 0 Å². The van der Waals surface area contributed by atoms with Crippen molar-refractivity contribution in [2.75, 3.05) is 13.6 Å². The Hall–Kier alpha value is -0.710. The zero-order valence-corrected chi connectivity index (χ0v) is 10.8. The summed E-state index contributed by atoms with van der Waals surface area (Å²) < 4.78 is 26.5. The molecule has 1 saturated carbocycles. The molecule has 0 bridgehead atoms. The van der Waals surface area contributed by atoms with Crippen LogP contribution in [0.3, 0.4) is 0 Å². The molecule has 0 amide bonds. The monoisotopic (exact) mass is 261 g/mol. The minimum absolute atomic E-state index is 0.0835. The van der Waals surface area contributed by atoms with Gasteiger partial charge in [-0.25, -0.2) is 8.78 Å². The molecule has 2 rings (SSSR count). The van der Waals surface area contributed by atoms with Crippen molar-refractivity contribution in [2.24, 2.45) is 5.41 Å². The summed E-state index contributed by atoms with van der Waals surface area (Å²) in [5.41, 5.74) is -0.961. The van der Waals surface area contributed by atoms with Crippen LogP contribution in [0.4, 0.5) is 8.78 Å². The minimum Gasteiger partial charge on any atom is -0.481 e. The number of hydrogen-bond donors (Lipinski definition) is 1. The molecule has 2 aliphatic rings. The average molecular weight is 261 g/mol. The van der Waals surface area contributed by atoms with Gasteiger partial charge in [-0.15, -0.1) is 0 Å². The van der Waals surface area contributed by atoms with Crippen molar-refractivity contribution in [3.63, 3.8) is 0 Å². The van der Waals surface area contributed by atoms with E-state index in [2.05, 4.69) is 4.90 Å². The number of hydrogen-bond acceptors (Lipinski definition) is 2. The molecule has 2 fully saturated rings. The molecule has 5 heteroatoms. The number of carbonyl (C=O) groups is 1. The first-order valence-corrected chi connectivity index (χ1v) is 6.69. The maximum Gasteiger partial charge on any atom is 0.311 e. The van der Waals surface area contributed by atoms with Gasteiger partial charge in [0.05, 0.1) is 5.41 Å². The van der Waals surface area contributed by atoms with Gasteiger partial charge >= 0.3 is 5.97 Å². The summed E-state index contributed by atoms with van der Waals surface area (Å²) in [6, 6.07) is -0.0835. The lowest BCUT2D eigenvalue weighted by atomic mass is 9.65. The van der Waals surface area contributed by atoms with Crippen molar-refractivity contribution in [2.45, 2.75) is 56.9 Å². The highest BCUT2D eigenvalue weighted by Crippen LogP contribution is 2.48. The second-order valence-electron chi connectivity index (χ2n) is 5.81. The van der Waals surface area contributed by atoms with Gasteiger partial charge < -0.3 is 10.0 Å². The van der Waals surface area contributed by atoms with Crippen LogP contribution in [-0.2, 0) is 4.79 Å². The number of likely N-dealkylation sites (tertiary alicyclic amines) is 1. The Balaban J connectivity index is 2.20. The fourth-order valence-corrected chi connectivity index (χ4v) is 3.52. The van der Waals surface area contributed by atoms with Crippen LogP contribution in [0.15, 0.2) is 0 Å². The highest BCUT2D eigenvalue weighted by atomic mass is 19.3. The Labute approximate surface area is 106 Å². The van der Waals surface area contributed by atoms with E-state index in [1.807, 2.05) is 7.05 Å². The molecule has 104 valence electrons. The minimum atomic E-state index is -2.67. The molecule has 0 aromatic rings. The third-order valence-corrected chi connectivity index (χ3v) is 4.71. The topological polar surface area (TPSA) is 40.5 Å². The van der Waals surface area contributed by atoms with Crippen LogP contribution in [0.5, 0.6) is 0 Å². The normalized spacial score (nSPS) is 32.1. The van der Waals surface area contributed by atoms with E-state index in [0.717, 1.165) is 25.8 Å². The van der Waals surface area contributed by atoms with Gasteiger partial charge in [-0.3, -0.25) is 4.79 Å². The van der Waals surface area contributed by atoms with Gasteiger partial charge in [0.2, 0.25) is 5.92 Å². The Kier molecular flexibility index (Phi) is 3.63. The van der Waals surface area contributed by atoms with Gasteiger partial charge in [0.15, 0.2) is 0 Å². The molecule has 1 heterocycles. The number of carboxylic acids is 1. The second kappa shape index (κ2) is 4.76. The molecular formula is C13H21F2NO2.